The van der Waals surface area contributed by atoms with E-state index in [1.54, 1.807) is 0 Å². The molecule has 0 atom stereocenters. The highest BCUT2D eigenvalue weighted by Crippen LogP contribution is 2.28. The monoisotopic (exact) mass is 351 g/mol. The predicted molar refractivity (Wildman–Crippen MR) is 84.3 cm³/mol. The highest BCUT2D eigenvalue weighted by atomic mass is 35.5. The van der Waals surface area contributed by atoms with Crippen LogP contribution in [-0.2, 0) is 10.0 Å². The Kier molecular flexibility index (Phi) is 5.54. The Morgan fingerprint density at radius 3 is 2.38 bits per heavy atom. The van der Waals surface area contributed by atoms with Crippen LogP contribution in [0.15, 0.2) is 23.1 Å². The summed E-state index contributed by atoms with van der Waals surface area (Å²) in [5, 5.41) is 10.9. The lowest BCUT2D eigenvalue weighted by atomic mass is 9.95. The minimum atomic E-state index is -3.79. The number of halogens is 2. The first-order valence-electron chi connectivity index (χ1n) is 7.00. The van der Waals surface area contributed by atoms with Gasteiger partial charge in [-0.05, 0) is 31.0 Å². The molecule has 1 aliphatic carbocycles. The normalized spacial score (nSPS) is 19.2. The maximum absolute atomic E-state index is 12.3. The van der Waals surface area contributed by atoms with Gasteiger partial charge in [-0.15, -0.1) is 0 Å². The zero-order chi connectivity index (χ0) is 15.5. The number of sulfonamides is 1. The molecule has 7 heteroatoms. The lowest BCUT2D eigenvalue weighted by Crippen LogP contribution is -2.42. The van der Waals surface area contributed by atoms with Crippen LogP contribution in [0, 0.1) is 0 Å². The van der Waals surface area contributed by atoms with Crippen molar-refractivity contribution in [2.45, 2.75) is 49.0 Å². The number of hydrogen-bond donors (Lipinski definition) is 2. The molecule has 0 amide bonds. The summed E-state index contributed by atoms with van der Waals surface area (Å²) in [6.45, 7) is -0.00181. The summed E-state index contributed by atoms with van der Waals surface area (Å²) in [6, 6.07) is 4.28. The molecule has 0 aliphatic heterocycles. The molecule has 2 rings (SSSR count). The van der Waals surface area contributed by atoms with Crippen LogP contribution in [-0.4, -0.2) is 25.7 Å². The minimum Gasteiger partial charge on any atom is -0.389 e. The molecule has 21 heavy (non-hydrogen) atoms. The second kappa shape index (κ2) is 6.84. The molecule has 0 heterocycles. The van der Waals surface area contributed by atoms with Crippen molar-refractivity contribution >= 4 is 33.2 Å². The van der Waals surface area contributed by atoms with Crippen LogP contribution in [0.4, 0.5) is 0 Å². The number of rotatable bonds is 4. The first-order valence-corrected chi connectivity index (χ1v) is 9.23. The maximum atomic E-state index is 12.3. The Bertz CT molecular complexity index is 596. The molecule has 0 unspecified atom stereocenters. The van der Waals surface area contributed by atoms with Gasteiger partial charge in [-0.3, -0.25) is 0 Å². The van der Waals surface area contributed by atoms with Gasteiger partial charge in [0, 0.05) is 11.6 Å². The van der Waals surface area contributed by atoms with E-state index in [0.29, 0.717) is 17.9 Å². The van der Waals surface area contributed by atoms with Crippen molar-refractivity contribution in [3.8, 4) is 0 Å². The van der Waals surface area contributed by atoms with E-state index < -0.39 is 15.6 Å². The van der Waals surface area contributed by atoms with Crippen molar-refractivity contribution in [2.24, 2.45) is 0 Å². The molecule has 118 valence electrons. The summed E-state index contributed by atoms with van der Waals surface area (Å²) in [5.74, 6) is 0. The Hall–Kier alpha value is -0.330. The zero-order valence-corrected chi connectivity index (χ0v) is 13.9. The van der Waals surface area contributed by atoms with E-state index in [0.717, 1.165) is 25.7 Å². The van der Waals surface area contributed by atoms with Gasteiger partial charge >= 0.3 is 0 Å². The Balaban J connectivity index is 2.12. The predicted octanol–water partition coefficient (Wildman–Crippen LogP) is 3.36. The van der Waals surface area contributed by atoms with E-state index >= 15 is 0 Å². The summed E-state index contributed by atoms with van der Waals surface area (Å²) >= 11 is 11.7. The molecule has 1 fully saturated rings. The maximum Gasteiger partial charge on any atom is 0.242 e. The fourth-order valence-electron chi connectivity index (χ4n) is 2.55. The van der Waals surface area contributed by atoms with Gasteiger partial charge in [-0.25, -0.2) is 13.1 Å². The average Bonchev–Trinajstić information content (AvgIpc) is 2.65. The molecule has 1 aromatic carbocycles. The van der Waals surface area contributed by atoms with E-state index in [2.05, 4.69) is 4.72 Å². The van der Waals surface area contributed by atoms with Crippen LogP contribution in [0.2, 0.25) is 10.0 Å². The molecular formula is C14H19Cl2NO3S. The van der Waals surface area contributed by atoms with Gasteiger partial charge in [0.2, 0.25) is 10.0 Å². The molecule has 4 nitrogen and oxygen atoms in total. The fraction of sp³-hybridized carbons (Fsp3) is 0.571. The molecule has 0 bridgehead atoms. The van der Waals surface area contributed by atoms with Gasteiger partial charge in [0.15, 0.2) is 0 Å². The van der Waals surface area contributed by atoms with Crippen molar-refractivity contribution in [1.82, 2.24) is 4.72 Å². The van der Waals surface area contributed by atoms with Crippen molar-refractivity contribution in [1.29, 1.82) is 0 Å². The molecule has 1 aliphatic rings. The largest absolute Gasteiger partial charge is 0.389 e. The zero-order valence-electron chi connectivity index (χ0n) is 11.6. The van der Waals surface area contributed by atoms with E-state index in [-0.39, 0.29) is 16.5 Å². The van der Waals surface area contributed by atoms with Gasteiger partial charge in [-0.1, -0.05) is 48.9 Å². The summed E-state index contributed by atoms with van der Waals surface area (Å²) in [6.07, 6.45) is 5.20. The lowest BCUT2D eigenvalue weighted by Gasteiger charge is -2.26. The average molecular weight is 352 g/mol. The molecule has 1 saturated carbocycles. The van der Waals surface area contributed by atoms with Gasteiger partial charge in [0.25, 0.3) is 0 Å². The van der Waals surface area contributed by atoms with Crippen molar-refractivity contribution in [3.05, 3.63) is 28.2 Å². The van der Waals surface area contributed by atoms with Crippen LogP contribution < -0.4 is 4.72 Å². The number of nitrogens with one attached hydrogen (secondary N) is 1. The van der Waals surface area contributed by atoms with Crippen LogP contribution in [0.25, 0.3) is 0 Å². The van der Waals surface area contributed by atoms with E-state index in [1.807, 2.05) is 0 Å². The van der Waals surface area contributed by atoms with Crippen LogP contribution in [0.3, 0.4) is 0 Å². The smallest absolute Gasteiger partial charge is 0.242 e. The highest BCUT2D eigenvalue weighted by molar-refractivity contribution is 7.89. The topological polar surface area (TPSA) is 66.4 Å². The van der Waals surface area contributed by atoms with Gasteiger partial charge < -0.3 is 5.11 Å². The van der Waals surface area contributed by atoms with Crippen molar-refractivity contribution in [2.75, 3.05) is 6.54 Å². The molecule has 0 saturated heterocycles. The van der Waals surface area contributed by atoms with E-state index in [4.69, 9.17) is 23.2 Å². The number of aliphatic hydroxyl groups is 1. The molecule has 0 radical (unpaired) electrons. The number of hydrogen-bond acceptors (Lipinski definition) is 3. The van der Waals surface area contributed by atoms with Gasteiger partial charge in [0.1, 0.15) is 4.90 Å². The molecule has 2 N–H and O–H groups in total. The van der Waals surface area contributed by atoms with Crippen molar-refractivity contribution < 1.29 is 13.5 Å². The summed E-state index contributed by atoms with van der Waals surface area (Å²) in [7, 11) is -3.79. The third-order valence-electron chi connectivity index (χ3n) is 3.81. The quantitative estimate of drug-likeness (QED) is 0.817. The summed E-state index contributed by atoms with van der Waals surface area (Å²) in [4.78, 5) is -0.0612. The highest BCUT2D eigenvalue weighted by Gasteiger charge is 2.30. The van der Waals surface area contributed by atoms with Crippen LogP contribution >= 0.6 is 23.2 Å². The summed E-state index contributed by atoms with van der Waals surface area (Å²) in [5.41, 5.74) is -0.978. The van der Waals surface area contributed by atoms with Crippen LogP contribution in [0.5, 0.6) is 0 Å². The van der Waals surface area contributed by atoms with Crippen molar-refractivity contribution in [3.63, 3.8) is 0 Å². The molecule has 0 spiro atoms. The van der Waals surface area contributed by atoms with E-state index in [1.165, 1.54) is 18.2 Å². The second-order valence-corrected chi connectivity index (χ2v) is 8.12. The third kappa shape index (κ3) is 4.57. The lowest BCUT2D eigenvalue weighted by molar-refractivity contribution is 0.0303. The Morgan fingerprint density at radius 1 is 1.14 bits per heavy atom. The second-order valence-electron chi connectivity index (χ2n) is 5.54. The Labute approximate surface area is 135 Å². The first kappa shape index (κ1) is 17.0. The standard InChI is InChI=1S/C14H19Cl2NO3S/c15-11-5-6-12(16)13(9-11)21(19,20)17-10-14(18)7-3-1-2-4-8-14/h5-6,9,17-18H,1-4,7-8,10H2. The molecular weight excluding hydrogens is 333 g/mol. The van der Waals surface area contributed by atoms with Gasteiger partial charge in [0.05, 0.1) is 10.6 Å². The number of benzene rings is 1. The Morgan fingerprint density at radius 2 is 1.76 bits per heavy atom. The molecule has 1 aromatic rings. The molecule has 0 aromatic heterocycles. The fourth-order valence-corrected chi connectivity index (χ4v) is 4.43. The SMILES string of the molecule is O=S(=O)(NCC1(O)CCCCCC1)c1cc(Cl)ccc1Cl. The van der Waals surface area contributed by atoms with Crippen LogP contribution in [0.1, 0.15) is 38.5 Å². The summed E-state index contributed by atoms with van der Waals surface area (Å²) < 4.78 is 27.1. The van der Waals surface area contributed by atoms with E-state index in [9.17, 15) is 13.5 Å². The van der Waals surface area contributed by atoms with Gasteiger partial charge in [-0.2, -0.15) is 0 Å². The third-order valence-corrected chi connectivity index (χ3v) is 5.93. The minimum absolute atomic E-state index is 0.00181. The first-order chi connectivity index (χ1) is 9.82.